The zero-order chi connectivity index (χ0) is 15.9. The van der Waals surface area contributed by atoms with E-state index in [0.29, 0.717) is 29.8 Å². The van der Waals surface area contributed by atoms with Gasteiger partial charge in [-0.1, -0.05) is 0 Å². The van der Waals surface area contributed by atoms with E-state index in [2.05, 4.69) is 9.89 Å². The van der Waals surface area contributed by atoms with Crippen LogP contribution in [0.4, 0.5) is 0 Å². The number of hydrogen-bond donors (Lipinski definition) is 1. The second kappa shape index (κ2) is 8.03. The molecule has 1 aromatic rings. The van der Waals surface area contributed by atoms with E-state index in [4.69, 9.17) is 19.9 Å². The lowest BCUT2D eigenvalue weighted by molar-refractivity contribution is 0.324. The van der Waals surface area contributed by atoms with Crippen LogP contribution in [0.25, 0.3) is 0 Å². The summed E-state index contributed by atoms with van der Waals surface area (Å²) >= 11 is 1.95. The second-order valence-corrected chi connectivity index (χ2v) is 6.03. The molecule has 2 N–H and O–H groups in total. The molecule has 0 bridgehead atoms. The highest BCUT2D eigenvalue weighted by Gasteiger charge is 2.14. The molecule has 1 aliphatic rings. The number of hydrogen-bond acceptors (Lipinski definition) is 5. The van der Waals surface area contributed by atoms with Crippen LogP contribution in [0.1, 0.15) is 5.56 Å². The van der Waals surface area contributed by atoms with Crippen molar-refractivity contribution in [2.45, 2.75) is 6.54 Å². The summed E-state index contributed by atoms with van der Waals surface area (Å²) in [7, 11) is 4.79. The van der Waals surface area contributed by atoms with E-state index >= 15 is 0 Å². The van der Waals surface area contributed by atoms with Crippen LogP contribution in [-0.2, 0) is 6.54 Å². The minimum absolute atomic E-state index is 0.478. The van der Waals surface area contributed by atoms with Gasteiger partial charge in [-0.2, -0.15) is 11.8 Å². The molecule has 22 heavy (non-hydrogen) atoms. The molecule has 0 aliphatic carbocycles. The second-order valence-electron chi connectivity index (χ2n) is 4.81. The maximum atomic E-state index is 6.07. The third kappa shape index (κ3) is 3.91. The highest BCUT2D eigenvalue weighted by molar-refractivity contribution is 7.99. The number of ether oxygens (including phenoxy) is 3. The van der Waals surface area contributed by atoms with Crippen molar-refractivity contribution in [3.8, 4) is 17.2 Å². The van der Waals surface area contributed by atoms with Gasteiger partial charge in [-0.3, -0.25) is 0 Å². The Morgan fingerprint density at radius 3 is 2.23 bits per heavy atom. The van der Waals surface area contributed by atoms with Crippen LogP contribution in [-0.4, -0.2) is 56.8 Å². The molecule has 0 saturated carbocycles. The Balaban J connectivity index is 2.14. The lowest BCUT2D eigenvalue weighted by Gasteiger charge is -2.27. The van der Waals surface area contributed by atoms with Crippen LogP contribution in [0, 0.1) is 0 Å². The monoisotopic (exact) mass is 325 g/mol. The van der Waals surface area contributed by atoms with Gasteiger partial charge in [0.2, 0.25) is 5.75 Å². The molecule has 1 fully saturated rings. The van der Waals surface area contributed by atoms with Crippen molar-refractivity contribution in [2.24, 2.45) is 10.7 Å². The first kappa shape index (κ1) is 16.6. The number of benzene rings is 1. The minimum atomic E-state index is 0.478. The van der Waals surface area contributed by atoms with Crippen LogP contribution in [0.15, 0.2) is 17.1 Å². The first-order valence-corrected chi connectivity index (χ1v) is 8.26. The van der Waals surface area contributed by atoms with Crippen LogP contribution in [0.3, 0.4) is 0 Å². The van der Waals surface area contributed by atoms with Crippen molar-refractivity contribution < 1.29 is 14.2 Å². The first-order valence-electron chi connectivity index (χ1n) is 7.11. The third-order valence-electron chi connectivity index (χ3n) is 3.48. The zero-order valence-corrected chi connectivity index (χ0v) is 14.1. The third-order valence-corrected chi connectivity index (χ3v) is 4.43. The topological polar surface area (TPSA) is 69.3 Å². The molecular weight excluding hydrogens is 302 g/mol. The molecule has 1 aliphatic heterocycles. The van der Waals surface area contributed by atoms with Crippen LogP contribution in [0.2, 0.25) is 0 Å². The first-order chi connectivity index (χ1) is 10.7. The molecule has 1 aromatic carbocycles. The fourth-order valence-electron chi connectivity index (χ4n) is 2.29. The maximum absolute atomic E-state index is 6.07. The number of thioether (sulfide) groups is 1. The van der Waals surface area contributed by atoms with Crippen molar-refractivity contribution in [1.82, 2.24) is 4.90 Å². The summed E-state index contributed by atoms with van der Waals surface area (Å²) in [5, 5.41) is 0. The molecule has 0 amide bonds. The molecule has 0 aromatic heterocycles. The van der Waals surface area contributed by atoms with Gasteiger partial charge in [-0.25, -0.2) is 4.99 Å². The number of guanidine groups is 1. The Bertz CT molecular complexity index is 506. The van der Waals surface area contributed by atoms with Gasteiger partial charge < -0.3 is 24.8 Å². The number of methoxy groups -OCH3 is 3. The van der Waals surface area contributed by atoms with Crippen LogP contribution < -0.4 is 19.9 Å². The molecule has 0 unspecified atom stereocenters. The van der Waals surface area contributed by atoms with E-state index in [0.717, 1.165) is 30.2 Å². The fourth-order valence-corrected chi connectivity index (χ4v) is 3.19. The largest absolute Gasteiger partial charge is 0.493 e. The Hall–Kier alpha value is -1.76. The minimum Gasteiger partial charge on any atom is -0.493 e. The van der Waals surface area contributed by atoms with Gasteiger partial charge in [-0.15, -0.1) is 0 Å². The van der Waals surface area contributed by atoms with E-state index in [1.54, 1.807) is 21.3 Å². The Morgan fingerprint density at radius 2 is 1.73 bits per heavy atom. The van der Waals surface area contributed by atoms with Crippen LogP contribution in [0.5, 0.6) is 17.2 Å². The predicted molar refractivity (Wildman–Crippen MR) is 90.3 cm³/mol. The number of rotatable bonds is 5. The number of aliphatic imine (C=N–C) groups is 1. The van der Waals surface area contributed by atoms with E-state index in [9.17, 15) is 0 Å². The SMILES string of the molecule is COc1cc(CN=C(N)N2CCSCC2)cc(OC)c1OC. The Labute approximate surface area is 135 Å². The van der Waals surface area contributed by atoms with Crippen molar-refractivity contribution in [2.75, 3.05) is 45.9 Å². The summed E-state index contributed by atoms with van der Waals surface area (Å²) in [6.45, 7) is 2.39. The van der Waals surface area contributed by atoms with Gasteiger partial charge in [0.1, 0.15) is 0 Å². The number of nitrogens with zero attached hydrogens (tertiary/aromatic N) is 2. The molecule has 0 atom stereocenters. The molecule has 7 heteroatoms. The van der Waals surface area contributed by atoms with Crippen LogP contribution >= 0.6 is 11.8 Å². The highest BCUT2D eigenvalue weighted by atomic mass is 32.2. The van der Waals surface area contributed by atoms with Crippen molar-refractivity contribution in [3.63, 3.8) is 0 Å². The average molecular weight is 325 g/mol. The zero-order valence-electron chi connectivity index (χ0n) is 13.3. The van der Waals surface area contributed by atoms with Gasteiger partial charge in [-0.05, 0) is 17.7 Å². The van der Waals surface area contributed by atoms with Gasteiger partial charge in [0.25, 0.3) is 0 Å². The molecule has 0 radical (unpaired) electrons. The Morgan fingerprint density at radius 1 is 1.14 bits per heavy atom. The molecule has 2 rings (SSSR count). The summed E-state index contributed by atoms with van der Waals surface area (Å²) in [6, 6.07) is 3.79. The quantitative estimate of drug-likeness (QED) is 0.655. The summed E-state index contributed by atoms with van der Waals surface area (Å²) in [4.78, 5) is 6.60. The van der Waals surface area contributed by atoms with E-state index in [1.807, 2.05) is 23.9 Å². The molecule has 6 nitrogen and oxygen atoms in total. The molecule has 0 spiro atoms. The fraction of sp³-hybridized carbons (Fsp3) is 0.533. The average Bonchev–Trinajstić information content (AvgIpc) is 2.59. The van der Waals surface area contributed by atoms with Crippen molar-refractivity contribution >= 4 is 17.7 Å². The summed E-state index contributed by atoms with van der Waals surface area (Å²) in [5.41, 5.74) is 7.03. The molecule has 1 saturated heterocycles. The normalized spacial score (nSPS) is 15.6. The number of nitrogens with two attached hydrogens (primary N) is 1. The van der Waals surface area contributed by atoms with Crippen molar-refractivity contribution in [3.05, 3.63) is 17.7 Å². The van der Waals surface area contributed by atoms with Gasteiger partial charge in [0.15, 0.2) is 17.5 Å². The summed E-state index contributed by atoms with van der Waals surface area (Å²) in [5.74, 6) is 4.62. The lowest BCUT2D eigenvalue weighted by Crippen LogP contribution is -2.42. The Kier molecular flexibility index (Phi) is 6.06. The summed E-state index contributed by atoms with van der Waals surface area (Å²) in [6.07, 6.45) is 0. The molecular formula is C15H23N3O3S. The predicted octanol–water partition coefficient (Wildman–Crippen LogP) is 1.58. The lowest BCUT2D eigenvalue weighted by atomic mass is 10.2. The van der Waals surface area contributed by atoms with Gasteiger partial charge >= 0.3 is 0 Å². The van der Waals surface area contributed by atoms with Crippen molar-refractivity contribution in [1.29, 1.82) is 0 Å². The van der Waals surface area contributed by atoms with E-state index in [-0.39, 0.29) is 0 Å². The standard InChI is InChI=1S/C15H23N3O3S/c1-19-12-8-11(9-13(20-2)14(12)21-3)10-17-15(16)18-4-6-22-7-5-18/h8-9H,4-7,10H2,1-3H3,(H2,16,17). The van der Waals surface area contributed by atoms with E-state index < -0.39 is 0 Å². The van der Waals surface area contributed by atoms with Gasteiger partial charge in [0.05, 0.1) is 27.9 Å². The maximum Gasteiger partial charge on any atom is 0.203 e. The van der Waals surface area contributed by atoms with E-state index in [1.165, 1.54) is 0 Å². The molecule has 122 valence electrons. The smallest absolute Gasteiger partial charge is 0.203 e. The van der Waals surface area contributed by atoms with Gasteiger partial charge in [0, 0.05) is 24.6 Å². The summed E-state index contributed by atoms with van der Waals surface area (Å²) < 4.78 is 16.0. The highest BCUT2D eigenvalue weighted by Crippen LogP contribution is 2.38. The molecule has 1 heterocycles.